The van der Waals surface area contributed by atoms with Gasteiger partial charge in [0.1, 0.15) is 11.7 Å². The summed E-state index contributed by atoms with van der Waals surface area (Å²) in [5, 5.41) is 11.4. The van der Waals surface area contributed by atoms with Crippen LogP contribution in [0.15, 0.2) is 6.33 Å². The van der Waals surface area contributed by atoms with Crippen LogP contribution in [0, 0.1) is 5.92 Å². The number of nitrogen functional groups attached to an aromatic ring is 1. The average molecular weight is 638 g/mol. The van der Waals surface area contributed by atoms with E-state index in [2.05, 4.69) is 24.4 Å². The maximum absolute atomic E-state index is 16.0. The molecule has 0 spiro atoms. The summed E-state index contributed by atoms with van der Waals surface area (Å²) in [6.07, 6.45) is -5.26. The van der Waals surface area contributed by atoms with E-state index in [9.17, 15) is 19.3 Å². The molecule has 3 N–H and O–H groups in total. The van der Waals surface area contributed by atoms with Crippen LogP contribution in [-0.2, 0) is 41.8 Å². The minimum Gasteiger partial charge on any atom is -0.476 e. The monoisotopic (exact) mass is 637 g/mol. The quantitative estimate of drug-likeness (QED) is 0.183. The van der Waals surface area contributed by atoms with Crippen LogP contribution in [0.2, 0.25) is 0 Å². The molecule has 3 heterocycles. The number of imidazole rings is 1. The minimum atomic E-state index is -4.86. The molecule has 2 aromatic heterocycles. The average Bonchev–Trinajstić information content (AvgIpc) is 3.12. The van der Waals surface area contributed by atoms with Gasteiger partial charge >= 0.3 is 20.1 Å². The second-order valence-electron chi connectivity index (χ2n) is 10.1. The van der Waals surface area contributed by atoms with E-state index >= 15 is 4.39 Å². The number of rotatable bonds is 13. The molecule has 18 nitrogen and oxygen atoms in total. The Morgan fingerprint density at radius 1 is 1.14 bits per heavy atom. The Bertz CT molecular complexity index is 1360. The van der Waals surface area contributed by atoms with Crippen molar-refractivity contribution in [3.63, 3.8) is 0 Å². The molecule has 2 fully saturated rings. The third-order valence-corrected chi connectivity index (χ3v) is 7.38. The first kappa shape index (κ1) is 32.6. The van der Waals surface area contributed by atoms with Crippen molar-refractivity contribution < 1.29 is 65.6 Å². The number of carbonyl (C=O) groups excluding carboxylic acids is 2. The van der Waals surface area contributed by atoms with E-state index in [-0.39, 0.29) is 29.6 Å². The third-order valence-electron chi connectivity index (χ3n) is 6.05. The van der Waals surface area contributed by atoms with Gasteiger partial charge in [0.2, 0.25) is 31.3 Å². The summed E-state index contributed by atoms with van der Waals surface area (Å²) in [7, 11) is -4.86. The van der Waals surface area contributed by atoms with E-state index in [4.69, 9.17) is 38.3 Å². The van der Waals surface area contributed by atoms with Crippen molar-refractivity contribution in [3.05, 3.63) is 6.33 Å². The van der Waals surface area contributed by atoms with Gasteiger partial charge in [0.05, 0.1) is 31.1 Å². The summed E-state index contributed by atoms with van der Waals surface area (Å²) in [5.74, 6) is -4.22. The molecule has 5 atom stereocenters. The number of fused-ring (bicyclic) bond motifs is 2. The van der Waals surface area contributed by atoms with Gasteiger partial charge in [-0.2, -0.15) is 9.97 Å². The number of nitrogens with zero attached hydrogens (tertiary/aromatic N) is 4. The maximum atomic E-state index is 16.0. The van der Waals surface area contributed by atoms with E-state index in [0.717, 1.165) is 0 Å². The van der Waals surface area contributed by atoms with E-state index in [1.165, 1.54) is 17.8 Å². The molecule has 1 saturated carbocycles. The normalized spacial score (nSPS) is 26.4. The summed E-state index contributed by atoms with van der Waals surface area (Å²) < 4.78 is 75.8. The molecule has 43 heavy (non-hydrogen) atoms. The van der Waals surface area contributed by atoms with Crippen molar-refractivity contribution in [2.45, 2.75) is 77.5 Å². The summed E-state index contributed by atoms with van der Waals surface area (Å²) in [6, 6.07) is 0. The second kappa shape index (κ2) is 12.3. The van der Waals surface area contributed by atoms with Crippen LogP contribution in [0.3, 0.4) is 0 Å². The first-order valence-electron chi connectivity index (χ1n) is 13.1. The predicted octanol–water partition coefficient (Wildman–Crippen LogP) is 2.95. The number of alkyl halides is 1. The Morgan fingerprint density at radius 3 is 2.21 bits per heavy atom. The fourth-order valence-electron chi connectivity index (χ4n) is 4.35. The molecular weight excluding hydrogens is 604 g/mol. The van der Waals surface area contributed by atoms with Gasteiger partial charge in [-0.1, -0.05) is 0 Å². The molecule has 0 radical (unpaired) electrons. The number of hydrogen-bond donors (Lipinski definition) is 2. The lowest BCUT2D eigenvalue weighted by Crippen LogP contribution is -2.38. The number of halogens is 1. The molecule has 0 amide bonds. The molecular formula is C23H33FN5O13P. The van der Waals surface area contributed by atoms with Crippen LogP contribution in [0.5, 0.6) is 5.88 Å². The van der Waals surface area contributed by atoms with Gasteiger partial charge in [-0.3, -0.25) is 9.09 Å². The zero-order valence-electron chi connectivity index (χ0n) is 24.1. The molecule has 2 aromatic rings. The van der Waals surface area contributed by atoms with Crippen molar-refractivity contribution in [1.82, 2.24) is 19.5 Å². The lowest BCUT2D eigenvalue weighted by atomic mass is 9.99. The highest BCUT2D eigenvalue weighted by Crippen LogP contribution is 2.70. The molecule has 2 unspecified atom stereocenters. The van der Waals surface area contributed by atoms with Crippen LogP contribution < -0.4 is 10.5 Å². The number of aromatic nitrogens is 4. The Morgan fingerprint density at radius 2 is 1.72 bits per heavy atom. The number of phosphoric acid groups is 1. The second-order valence-corrected chi connectivity index (χ2v) is 11.7. The largest absolute Gasteiger partial charge is 0.510 e. The maximum Gasteiger partial charge on any atom is 0.510 e. The Kier molecular flexibility index (Phi) is 9.34. The molecule has 1 saturated heterocycles. The van der Waals surface area contributed by atoms with Gasteiger partial charge in [0, 0.05) is 0 Å². The van der Waals surface area contributed by atoms with Gasteiger partial charge in [0.15, 0.2) is 17.4 Å². The number of carbonyl (C=O) groups is 2. The van der Waals surface area contributed by atoms with Gasteiger partial charge in [-0.25, -0.2) is 32.6 Å². The van der Waals surface area contributed by atoms with Crippen molar-refractivity contribution >= 4 is 37.2 Å². The molecule has 0 aromatic carbocycles. The van der Waals surface area contributed by atoms with Crippen LogP contribution >= 0.6 is 7.82 Å². The summed E-state index contributed by atoms with van der Waals surface area (Å²) in [4.78, 5) is 35.6. The van der Waals surface area contributed by atoms with Crippen LogP contribution in [0.4, 0.5) is 19.9 Å². The first-order chi connectivity index (χ1) is 20.1. The van der Waals surface area contributed by atoms with Crippen LogP contribution in [0.1, 0.15) is 47.8 Å². The highest BCUT2D eigenvalue weighted by molar-refractivity contribution is 7.48. The molecule has 0 bridgehead atoms. The van der Waals surface area contributed by atoms with Crippen LogP contribution in [0.25, 0.3) is 11.2 Å². The van der Waals surface area contributed by atoms with Crippen LogP contribution in [-0.4, -0.2) is 86.9 Å². The third kappa shape index (κ3) is 6.91. The molecule has 2 aliphatic rings. The number of nitrogens with two attached hydrogens (primary N) is 1. The van der Waals surface area contributed by atoms with Gasteiger partial charge in [0.25, 0.3) is 0 Å². The summed E-state index contributed by atoms with van der Waals surface area (Å²) >= 11 is 0. The SMILES string of the molecule is CCOc1nc(N)nc2c1ncn2[C@@H]1O[C@]2(F)C(OP(=O)(OCOC(=O)OC(C)C)OCOC(=O)OC(C)C)C2[C@@]1(C)O. The smallest absolute Gasteiger partial charge is 0.476 e. The number of ether oxygens (including phenoxy) is 6. The fourth-order valence-corrected chi connectivity index (χ4v) is 5.45. The van der Waals surface area contributed by atoms with E-state index < -0.39 is 75.6 Å². The Hall–Kier alpha value is -3.35. The molecule has 4 rings (SSSR count). The lowest BCUT2D eigenvalue weighted by Gasteiger charge is -2.30. The topological polar surface area (TPSA) is 224 Å². The van der Waals surface area contributed by atoms with Gasteiger partial charge < -0.3 is 39.3 Å². The van der Waals surface area contributed by atoms with Crippen molar-refractivity contribution in [2.24, 2.45) is 5.92 Å². The van der Waals surface area contributed by atoms with Gasteiger partial charge in [-0.15, -0.1) is 0 Å². The molecule has 1 aliphatic heterocycles. The Balaban J connectivity index is 1.49. The highest BCUT2D eigenvalue weighted by Gasteiger charge is 2.84. The Labute approximate surface area is 244 Å². The van der Waals surface area contributed by atoms with E-state index in [1.54, 1.807) is 34.6 Å². The minimum absolute atomic E-state index is 0.0805. The number of anilines is 1. The number of hydrogen-bond acceptors (Lipinski definition) is 17. The van der Waals surface area contributed by atoms with Gasteiger partial charge in [-0.05, 0) is 41.5 Å². The fraction of sp³-hybridized carbons (Fsp3) is 0.696. The van der Waals surface area contributed by atoms with Crippen molar-refractivity contribution in [1.29, 1.82) is 0 Å². The number of phosphoric ester groups is 1. The lowest BCUT2D eigenvalue weighted by molar-refractivity contribution is -0.174. The molecule has 20 heteroatoms. The standard InChI is InChI=1S/C23H33FN5O13P/c1-7-34-17-13-16(27-19(25)28-17)29(8-26-13)18-22(6,32)14-15(23(14,24)41-18)42-43(33,37-9-35-20(30)39-11(2)3)38-10-36-21(31)40-12(4)5/h8,11-12,14-15,18,32H,7,9-10H2,1-6H3,(H2,25,27,28)/t14?,15?,18-,22-,23+/m1/s1. The van der Waals surface area contributed by atoms with E-state index in [1.807, 2.05) is 0 Å². The van der Waals surface area contributed by atoms with Crippen molar-refractivity contribution in [2.75, 3.05) is 25.9 Å². The zero-order chi connectivity index (χ0) is 31.7. The predicted molar refractivity (Wildman–Crippen MR) is 139 cm³/mol. The zero-order valence-corrected chi connectivity index (χ0v) is 25.0. The highest BCUT2D eigenvalue weighted by atomic mass is 31.2. The molecule has 1 aliphatic carbocycles. The number of aliphatic hydroxyl groups is 1. The summed E-state index contributed by atoms with van der Waals surface area (Å²) in [5.41, 5.74) is 4.06. The van der Waals surface area contributed by atoms with Crippen molar-refractivity contribution in [3.8, 4) is 5.88 Å². The first-order valence-corrected chi connectivity index (χ1v) is 14.5. The van der Waals surface area contributed by atoms with E-state index in [0.29, 0.717) is 0 Å². The molecule has 240 valence electrons. The summed E-state index contributed by atoms with van der Waals surface area (Å²) in [6.45, 7) is 7.45.